The van der Waals surface area contributed by atoms with Crippen LogP contribution in [0.3, 0.4) is 0 Å². The van der Waals surface area contributed by atoms with Gasteiger partial charge in [0.15, 0.2) is 0 Å². The van der Waals surface area contributed by atoms with Crippen LogP contribution in [0.4, 0.5) is 0 Å². The fourth-order valence-corrected chi connectivity index (χ4v) is 2.42. The summed E-state index contributed by atoms with van der Waals surface area (Å²) in [6.07, 6.45) is 0.898. The van der Waals surface area contributed by atoms with E-state index in [1.165, 1.54) is 0 Å². The number of esters is 1. The molecule has 1 aromatic carbocycles. The summed E-state index contributed by atoms with van der Waals surface area (Å²) in [6.45, 7) is 4.38. The van der Waals surface area contributed by atoms with Gasteiger partial charge in [-0.1, -0.05) is 37.3 Å². The summed E-state index contributed by atoms with van der Waals surface area (Å²) in [4.78, 5) is 25.9. The molecule has 0 unspecified atom stereocenters. The van der Waals surface area contributed by atoms with Crippen molar-refractivity contribution in [1.29, 1.82) is 0 Å². The maximum absolute atomic E-state index is 12.0. The van der Waals surface area contributed by atoms with E-state index < -0.39 is 6.04 Å². The zero-order chi connectivity index (χ0) is 15.1. The van der Waals surface area contributed by atoms with Gasteiger partial charge < -0.3 is 10.1 Å². The van der Waals surface area contributed by atoms with Crippen LogP contribution in [-0.4, -0.2) is 42.5 Å². The van der Waals surface area contributed by atoms with Crippen molar-refractivity contribution in [2.24, 2.45) is 0 Å². The number of nitrogens with zero attached hydrogens (tertiary/aromatic N) is 1. The third kappa shape index (κ3) is 4.56. The Labute approximate surface area is 125 Å². The van der Waals surface area contributed by atoms with Gasteiger partial charge in [-0.2, -0.15) is 0 Å². The van der Waals surface area contributed by atoms with E-state index in [0.717, 1.165) is 18.5 Å². The minimum absolute atomic E-state index is 0.0920. The van der Waals surface area contributed by atoms with Gasteiger partial charge in [-0.25, -0.2) is 0 Å². The number of benzene rings is 1. The van der Waals surface area contributed by atoms with Gasteiger partial charge in [-0.15, -0.1) is 0 Å². The van der Waals surface area contributed by atoms with Crippen molar-refractivity contribution >= 4 is 11.9 Å². The van der Waals surface area contributed by atoms with Crippen molar-refractivity contribution in [2.45, 2.75) is 32.4 Å². The van der Waals surface area contributed by atoms with Crippen LogP contribution in [-0.2, 0) is 20.9 Å². The number of hydrogen-bond donors (Lipinski definition) is 1. The van der Waals surface area contributed by atoms with E-state index in [-0.39, 0.29) is 18.3 Å². The summed E-state index contributed by atoms with van der Waals surface area (Å²) < 4.78 is 5.10. The van der Waals surface area contributed by atoms with Crippen LogP contribution < -0.4 is 5.32 Å². The highest BCUT2D eigenvalue weighted by molar-refractivity contribution is 5.87. The minimum Gasteiger partial charge on any atom is -0.466 e. The number of piperazine rings is 1. The summed E-state index contributed by atoms with van der Waals surface area (Å²) in [5.41, 5.74) is 1.14. The highest BCUT2D eigenvalue weighted by Gasteiger charge is 2.31. The third-order valence-corrected chi connectivity index (χ3v) is 3.50. The molecular formula is C16H22N2O3. The molecule has 1 saturated heterocycles. The normalized spacial score (nSPS) is 19.1. The Bertz CT molecular complexity index is 476. The predicted molar refractivity (Wildman–Crippen MR) is 79.5 cm³/mol. The van der Waals surface area contributed by atoms with Gasteiger partial charge >= 0.3 is 5.97 Å². The molecule has 1 amide bonds. The van der Waals surface area contributed by atoms with Crippen molar-refractivity contribution in [2.75, 3.05) is 19.7 Å². The lowest BCUT2D eigenvalue weighted by atomic mass is 10.1. The molecule has 0 aromatic heterocycles. The Kier molecular flexibility index (Phi) is 5.75. The molecule has 5 heteroatoms. The number of nitrogens with one attached hydrogen (secondary N) is 1. The summed E-state index contributed by atoms with van der Waals surface area (Å²) in [7, 11) is 0. The van der Waals surface area contributed by atoms with Gasteiger partial charge in [0, 0.05) is 19.6 Å². The van der Waals surface area contributed by atoms with Crippen LogP contribution in [0.5, 0.6) is 0 Å². The standard InChI is InChI=1S/C16H22N2O3/c1-2-10-21-15(19)11-14-16(20)17-8-9-18(14)12-13-6-4-3-5-7-13/h3-7,14H,2,8-12H2,1H3,(H,17,20)/t14-/m1/s1. The first kappa shape index (κ1) is 15.5. The van der Waals surface area contributed by atoms with Gasteiger partial charge in [-0.3, -0.25) is 14.5 Å². The van der Waals surface area contributed by atoms with Crippen molar-refractivity contribution in [1.82, 2.24) is 10.2 Å². The Balaban J connectivity index is 1.99. The first-order valence-electron chi connectivity index (χ1n) is 7.42. The number of ether oxygens (including phenoxy) is 1. The molecule has 1 N–H and O–H groups in total. The second kappa shape index (κ2) is 7.78. The number of carbonyl (C=O) groups excluding carboxylic acids is 2. The molecule has 1 fully saturated rings. The summed E-state index contributed by atoms with van der Waals surface area (Å²) in [6, 6.07) is 9.53. The van der Waals surface area contributed by atoms with Crippen LogP contribution in [0.1, 0.15) is 25.3 Å². The highest BCUT2D eigenvalue weighted by Crippen LogP contribution is 2.14. The number of carbonyl (C=O) groups is 2. The Morgan fingerprint density at radius 2 is 2.14 bits per heavy atom. The molecule has 1 heterocycles. The molecule has 5 nitrogen and oxygen atoms in total. The van der Waals surface area contributed by atoms with Crippen molar-refractivity contribution in [3.63, 3.8) is 0 Å². The summed E-state index contributed by atoms with van der Waals surface area (Å²) in [5, 5.41) is 2.82. The summed E-state index contributed by atoms with van der Waals surface area (Å²) in [5.74, 6) is -0.400. The molecule has 0 radical (unpaired) electrons. The van der Waals surface area contributed by atoms with E-state index in [9.17, 15) is 9.59 Å². The molecule has 1 aromatic rings. The van der Waals surface area contributed by atoms with Crippen LogP contribution >= 0.6 is 0 Å². The van der Waals surface area contributed by atoms with Crippen LogP contribution in [0.15, 0.2) is 30.3 Å². The zero-order valence-electron chi connectivity index (χ0n) is 12.4. The van der Waals surface area contributed by atoms with Crippen LogP contribution in [0, 0.1) is 0 Å². The molecule has 21 heavy (non-hydrogen) atoms. The second-order valence-electron chi connectivity index (χ2n) is 5.19. The third-order valence-electron chi connectivity index (χ3n) is 3.50. The molecule has 114 valence electrons. The average Bonchev–Trinajstić information content (AvgIpc) is 2.50. The van der Waals surface area contributed by atoms with E-state index in [1.54, 1.807) is 0 Å². The lowest BCUT2D eigenvalue weighted by Gasteiger charge is -2.34. The molecule has 0 saturated carbocycles. The SMILES string of the molecule is CCCOC(=O)C[C@@H]1C(=O)NCCN1Cc1ccccc1. The second-order valence-corrected chi connectivity index (χ2v) is 5.19. The predicted octanol–water partition coefficient (Wildman–Crippen LogP) is 1.33. The van der Waals surface area contributed by atoms with Gasteiger partial charge in [0.2, 0.25) is 5.91 Å². The molecule has 0 bridgehead atoms. The largest absolute Gasteiger partial charge is 0.466 e. The lowest BCUT2D eigenvalue weighted by Crippen LogP contribution is -2.55. The Hall–Kier alpha value is -1.88. The fraction of sp³-hybridized carbons (Fsp3) is 0.500. The van der Waals surface area contributed by atoms with E-state index in [4.69, 9.17) is 4.74 Å². The summed E-state index contributed by atoms with van der Waals surface area (Å²) >= 11 is 0. The number of hydrogen-bond acceptors (Lipinski definition) is 4. The molecule has 0 aliphatic carbocycles. The van der Waals surface area contributed by atoms with Crippen LogP contribution in [0.2, 0.25) is 0 Å². The molecule has 2 rings (SSSR count). The van der Waals surface area contributed by atoms with E-state index in [0.29, 0.717) is 19.7 Å². The quantitative estimate of drug-likeness (QED) is 0.803. The molecule has 1 aliphatic rings. The Morgan fingerprint density at radius 3 is 2.86 bits per heavy atom. The topological polar surface area (TPSA) is 58.6 Å². The highest BCUT2D eigenvalue weighted by atomic mass is 16.5. The van der Waals surface area contributed by atoms with Gasteiger partial charge in [0.05, 0.1) is 13.0 Å². The molecule has 1 aliphatic heterocycles. The first-order chi connectivity index (χ1) is 10.2. The van der Waals surface area contributed by atoms with Gasteiger partial charge in [-0.05, 0) is 12.0 Å². The maximum Gasteiger partial charge on any atom is 0.307 e. The first-order valence-corrected chi connectivity index (χ1v) is 7.42. The van der Waals surface area contributed by atoms with Crippen molar-refractivity contribution in [3.05, 3.63) is 35.9 Å². The van der Waals surface area contributed by atoms with E-state index in [1.807, 2.05) is 42.2 Å². The Morgan fingerprint density at radius 1 is 1.38 bits per heavy atom. The maximum atomic E-state index is 12.0. The van der Waals surface area contributed by atoms with E-state index >= 15 is 0 Å². The van der Waals surface area contributed by atoms with Gasteiger partial charge in [0.25, 0.3) is 0 Å². The number of rotatable bonds is 6. The minimum atomic E-state index is -0.441. The lowest BCUT2D eigenvalue weighted by molar-refractivity contribution is -0.148. The zero-order valence-corrected chi connectivity index (χ0v) is 12.4. The monoisotopic (exact) mass is 290 g/mol. The molecular weight excluding hydrogens is 268 g/mol. The van der Waals surface area contributed by atoms with Crippen LogP contribution in [0.25, 0.3) is 0 Å². The fourth-order valence-electron chi connectivity index (χ4n) is 2.42. The average molecular weight is 290 g/mol. The van der Waals surface area contributed by atoms with Crippen molar-refractivity contribution < 1.29 is 14.3 Å². The van der Waals surface area contributed by atoms with Crippen molar-refractivity contribution in [3.8, 4) is 0 Å². The number of amides is 1. The van der Waals surface area contributed by atoms with Gasteiger partial charge in [0.1, 0.15) is 6.04 Å². The molecule has 1 atom stereocenters. The van der Waals surface area contributed by atoms with E-state index in [2.05, 4.69) is 5.32 Å². The smallest absolute Gasteiger partial charge is 0.307 e. The molecule has 0 spiro atoms.